The molecule has 0 aromatic heterocycles. The molecule has 3 unspecified atom stereocenters. The number of hydrogen-bond donors (Lipinski definition) is 2. The van der Waals surface area contributed by atoms with Gasteiger partial charge in [0.2, 0.25) is 0 Å². The summed E-state index contributed by atoms with van der Waals surface area (Å²) in [5.74, 6) is 0.825. The standard InChI is InChI=1S/C13H28N2O/c1-11-5-6-12(2)15(9-11)8-4-7-13(3,16)10-14/h11-12,16H,4-10,14H2,1-3H3. The second kappa shape index (κ2) is 5.99. The van der Waals surface area contributed by atoms with Crippen molar-refractivity contribution in [3.05, 3.63) is 0 Å². The van der Waals surface area contributed by atoms with Crippen molar-refractivity contribution in [1.82, 2.24) is 4.90 Å². The summed E-state index contributed by atoms with van der Waals surface area (Å²) in [6, 6.07) is 0.707. The highest BCUT2D eigenvalue weighted by Crippen LogP contribution is 2.22. The molecule has 16 heavy (non-hydrogen) atoms. The molecular weight excluding hydrogens is 200 g/mol. The van der Waals surface area contributed by atoms with Crippen LogP contribution in [-0.4, -0.2) is 41.3 Å². The van der Waals surface area contributed by atoms with E-state index in [1.807, 2.05) is 6.92 Å². The fraction of sp³-hybridized carbons (Fsp3) is 1.00. The van der Waals surface area contributed by atoms with Crippen molar-refractivity contribution >= 4 is 0 Å². The van der Waals surface area contributed by atoms with Gasteiger partial charge in [0.1, 0.15) is 0 Å². The second-order valence-electron chi connectivity index (χ2n) is 5.83. The summed E-state index contributed by atoms with van der Waals surface area (Å²) in [5, 5.41) is 9.83. The van der Waals surface area contributed by atoms with Gasteiger partial charge in [-0.15, -0.1) is 0 Å². The lowest BCUT2D eigenvalue weighted by Crippen LogP contribution is -2.42. The van der Waals surface area contributed by atoms with E-state index >= 15 is 0 Å². The molecule has 0 spiro atoms. The highest BCUT2D eigenvalue weighted by atomic mass is 16.3. The van der Waals surface area contributed by atoms with Gasteiger partial charge in [0.15, 0.2) is 0 Å². The molecule has 1 rings (SSSR count). The van der Waals surface area contributed by atoms with Crippen LogP contribution in [0.4, 0.5) is 0 Å². The molecule has 3 atom stereocenters. The summed E-state index contributed by atoms with van der Waals surface area (Å²) in [6.07, 6.45) is 4.52. The third kappa shape index (κ3) is 4.40. The van der Waals surface area contributed by atoms with Crippen LogP contribution in [0.2, 0.25) is 0 Å². The van der Waals surface area contributed by atoms with Crippen LogP contribution in [0.15, 0.2) is 0 Å². The van der Waals surface area contributed by atoms with Crippen LogP contribution >= 0.6 is 0 Å². The van der Waals surface area contributed by atoms with Gasteiger partial charge in [-0.1, -0.05) is 6.92 Å². The Labute approximate surface area is 100 Å². The fourth-order valence-electron chi connectivity index (χ4n) is 2.46. The second-order valence-corrected chi connectivity index (χ2v) is 5.83. The lowest BCUT2D eigenvalue weighted by Gasteiger charge is -2.37. The minimum Gasteiger partial charge on any atom is -0.389 e. The number of rotatable bonds is 5. The van der Waals surface area contributed by atoms with Crippen LogP contribution in [0.5, 0.6) is 0 Å². The summed E-state index contributed by atoms with van der Waals surface area (Å²) >= 11 is 0. The van der Waals surface area contributed by atoms with Gasteiger partial charge in [0.25, 0.3) is 0 Å². The predicted molar refractivity (Wildman–Crippen MR) is 68.3 cm³/mol. The normalized spacial score (nSPS) is 31.3. The minimum absolute atomic E-state index is 0.360. The van der Waals surface area contributed by atoms with Gasteiger partial charge in [-0.25, -0.2) is 0 Å². The van der Waals surface area contributed by atoms with Crippen LogP contribution in [-0.2, 0) is 0 Å². The number of hydrogen-bond acceptors (Lipinski definition) is 3. The Morgan fingerprint density at radius 3 is 2.69 bits per heavy atom. The molecule has 0 aromatic carbocycles. The van der Waals surface area contributed by atoms with Crippen molar-refractivity contribution in [1.29, 1.82) is 0 Å². The van der Waals surface area contributed by atoms with E-state index in [4.69, 9.17) is 5.73 Å². The highest BCUT2D eigenvalue weighted by molar-refractivity contribution is 4.79. The summed E-state index contributed by atoms with van der Waals surface area (Å²) in [4.78, 5) is 2.56. The molecule has 96 valence electrons. The van der Waals surface area contributed by atoms with Gasteiger partial charge < -0.3 is 15.7 Å². The first kappa shape index (κ1) is 13.9. The molecule has 1 saturated heterocycles. The van der Waals surface area contributed by atoms with Crippen LogP contribution in [0.25, 0.3) is 0 Å². The molecule has 1 aliphatic heterocycles. The van der Waals surface area contributed by atoms with Gasteiger partial charge in [-0.2, -0.15) is 0 Å². The van der Waals surface area contributed by atoms with Gasteiger partial charge in [-0.05, 0) is 52.0 Å². The zero-order valence-corrected chi connectivity index (χ0v) is 11.1. The van der Waals surface area contributed by atoms with Crippen LogP contribution in [0.3, 0.4) is 0 Å². The molecule has 3 nitrogen and oxygen atoms in total. The number of piperidine rings is 1. The first-order chi connectivity index (χ1) is 7.44. The van der Waals surface area contributed by atoms with Crippen molar-refractivity contribution in [2.24, 2.45) is 11.7 Å². The maximum atomic E-state index is 9.83. The van der Waals surface area contributed by atoms with E-state index in [1.54, 1.807) is 0 Å². The number of nitrogens with zero attached hydrogens (tertiary/aromatic N) is 1. The first-order valence-electron chi connectivity index (χ1n) is 6.61. The van der Waals surface area contributed by atoms with E-state index in [1.165, 1.54) is 19.4 Å². The SMILES string of the molecule is CC1CCC(C)N(CCCC(C)(O)CN)C1. The van der Waals surface area contributed by atoms with E-state index in [0.717, 1.165) is 25.3 Å². The van der Waals surface area contributed by atoms with Crippen molar-refractivity contribution < 1.29 is 5.11 Å². The van der Waals surface area contributed by atoms with Gasteiger partial charge in [0, 0.05) is 19.1 Å². The van der Waals surface area contributed by atoms with Crippen LogP contribution in [0.1, 0.15) is 46.5 Å². The zero-order valence-electron chi connectivity index (χ0n) is 11.1. The fourth-order valence-corrected chi connectivity index (χ4v) is 2.46. The smallest absolute Gasteiger partial charge is 0.0741 e. The first-order valence-corrected chi connectivity index (χ1v) is 6.61. The summed E-state index contributed by atoms with van der Waals surface area (Å²) in [6.45, 7) is 9.14. The average Bonchev–Trinajstić information content (AvgIpc) is 2.23. The predicted octanol–water partition coefficient (Wildman–Crippen LogP) is 1.60. The Balaban J connectivity index is 2.26. The largest absolute Gasteiger partial charge is 0.389 e. The zero-order chi connectivity index (χ0) is 12.2. The lowest BCUT2D eigenvalue weighted by molar-refractivity contribution is 0.0483. The third-order valence-corrected chi connectivity index (χ3v) is 3.85. The average molecular weight is 228 g/mol. The van der Waals surface area contributed by atoms with E-state index in [2.05, 4.69) is 18.7 Å². The van der Waals surface area contributed by atoms with E-state index in [-0.39, 0.29) is 0 Å². The topological polar surface area (TPSA) is 49.5 Å². The Morgan fingerprint density at radius 2 is 2.06 bits per heavy atom. The molecule has 1 fully saturated rings. The lowest BCUT2D eigenvalue weighted by atomic mass is 9.94. The van der Waals surface area contributed by atoms with Gasteiger partial charge in [-0.3, -0.25) is 0 Å². The Morgan fingerprint density at radius 1 is 1.38 bits per heavy atom. The molecule has 0 saturated carbocycles. The molecule has 0 amide bonds. The van der Waals surface area contributed by atoms with Crippen molar-refractivity contribution in [3.63, 3.8) is 0 Å². The molecule has 3 N–H and O–H groups in total. The molecule has 3 heteroatoms. The van der Waals surface area contributed by atoms with Crippen molar-refractivity contribution in [3.8, 4) is 0 Å². The molecule has 0 aliphatic carbocycles. The van der Waals surface area contributed by atoms with Gasteiger partial charge in [0.05, 0.1) is 5.60 Å². The molecule has 1 aliphatic rings. The molecular formula is C13H28N2O. The van der Waals surface area contributed by atoms with E-state index in [0.29, 0.717) is 12.6 Å². The third-order valence-electron chi connectivity index (χ3n) is 3.85. The van der Waals surface area contributed by atoms with Crippen molar-refractivity contribution in [2.75, 3.05) is 19.6 Å². The highest BCUT2D eigenvalue weighted by Gasteiger charge is 2.23. The monoisotopic (exact) mass is 228 g/mol. The molecule has 0 radical (unpaired) electrons. The Hall–Kier alpha value is -0.120. The number of aliphatic hydroxyl groups is 1. The maximum absolute atomic E-state index is 9.83. The van der Waals surface area contributed by atoms with Crippen LogP contribution < -0.4 is 5.73 Å². The maximum Gasteiger partial charge on any atom is 0.0741 e. The van der Waals surface area contributed by atoms with Gasteiger partial charge >= 0.3 is 0 Å². The molecule has 0 aromatic rings. The number of nitrogens with two attached hydrogens (primary N) is 1. The van der Waals surface area contributed by atoms with E-state index < -0.39 is 5.60 Å². The molecule has 1 heterocycles. The molecule has 0 bridgehead atoms. The minimum atomic E-state index is -0.676. The number of likely N-dealkylation sites (tertiary alicyclic amines) is 1. The summed E-state index contributed by atoms with van der Waals surface area (Å²) in [7, 11) is 0. The quantitative estimate of drug-likeness (QED) is 0.751. The van der Waals surface area contributed by atoms with Crippen molar-refractivity contribution in [2.45, 2.75) is 58.1 Å². The Kier molecular flexibility index (Phi) is 5.22. The van der Waals surface area contributed by atoms with E-state index in [9.17, 15) is 5.11 Å². The van der Waals surface area contributed by atoms with Crippen LogP contribution in [0, 0.1) is 5.92 Å². The summed E-state index contributed by atoms with van der Waals surface area (Å²) in [5.41, 5.74) is 4.84. The summed E-state index contributed by atoms with van der Waals surface area (Å²) < 4.78 is 0. The Bertz CT molecular complexity index is 206.